The van der Waals surface area contributed by atoms with Crippen LogP contribution in [0, 0.1) is 0 Å². The number of sulfonamides is 1. The lowest BCUT2D eigenvalue weighted by atomic mass is 9.88. The molecule has 3 aromatic carbocycles. The molecule has 0 unspecified atom stereocenters. The number of ether oxygens (including phenoxy) is 1. The van der Waals surface area contributed by atoms with E-state index >= 15 is 0 Å². The Morgan fingerprint density at radius 1 is 1.00 bits per heavy atom. The molecule has 4 rings (SSSR count). The largest absolute Gasteiger partial charge is 0.484 e. The van der Waals surface area contributed by atoms with Crippen LogP contribution in [0.4, 0.5) is 0 Å². The fourth-order valence-corrected chi connectivity index (χ4v) is 5.26. The minimum atomic E-state index is -3.63. The van der Waals surface area contributed by atoms with E-state index in [0.29, 0.717) is 5.75 Å². The maximum atomic E-state index is 12.9. The van der Waals surface area contributed by atoms with E-state index in [1.807, 2.05) is 42.5 Å². The molecular formula is C26H28N2O4S. The SMILES string of the molecule is CN(Cc1ccccc1)S(=O)(=O)c1ccc(OCC(=O)N[C@H]2CCCc3ccccc32)cc1. The fraction of sp³-hybridized carbons (Fsp3) is 0.269. The Morgan fingerprint density at radius 2 is 1.70 bits per heavy atom. The number of fused-ring (bicyclic) bond motifs is 1. The van der Waals surface area contributed by atoms with Crippen molar-refractivity contribution < 1.29 is 17.9 Å². The lowest BCUT2D eigenvalue weighted by Gasteiger charge is -2.26. The van der Waals surface area contributed by atoms with Crippen LogP contribution in [0.25, 0.3) is 0 Å². The monoisotopic (exact) mass is 464 g/mol. The molecule has 0 heterocycles. The van der Waals surface area contributed by atoms with E-state index in [0.717, 1.165) is 24.8 Å². The molecule has 0 saturated heterocycles. The Balaban J connectivity index is 1.33. The zero-order chi connectivity index (χ0) is 23.3. The highest BCUT2D eigenvalue weighted by molar-refractivity contribution is 7.89. The van der Waals surface area contributed by atoms with Crippen molar-refractivity contribution in [3.8, 4) is 5.75 Å². The first-order valence-electron chi connectivity index (χ1n) is 11.0. The Kier molecular flexibility index (Phi) is 7.11. The molecule has 0 spiro atoms. The normalized spacial score (nSPS) is 15.6. The van der Waals surface area contributed by atoms with E-state index in [9.17, 15) is 13.2 Å². The second-order valence-corrected chi connectivity index (χ2v) is 10.3. The molecule has 0 aromatic heterocycles. The number of nitrogens with one attached hydrogen (secondary N) is 1. The molecule has 0 fully saturated rings. The highest BCUT2D eigenvalue weighted by atomic mass is 32.2. The lowest BCUT2D eigenvalue weighted by Crippen LogP contribution is -2.34. The topological polar surface area (TPSA) is 75.7 Å². The summed E-state index contributed by atoms with van der Waals surface area (Å²) in [6, 6.07) is 23.8. The van der Waals surface area contributed by atoms with Crippen LogP contribution >= 0.6 is 0 Å². The molecule has 1 aliphatic carbocycles. The van der Waals surface area contributed by atoms with E-state index in [1.54, 1.807) is 19.2 Å². The molecule has 0 aliphatic heterocycles. The quantitative estimate of drug-likeness (QED) is 0.545. The number of carbonyl (C=O) groups is 1. The third-order valence-electron chi connectivity index (χ3n) is 5.85. The van der Waals surface area contributed by atoms with Gasteiger partial charge in [-0.25, -0.2) is 8.42 Å². The van der Waals surface area contributed by atoms with Crippen molar-refractivity contribution >= 4 is 15.9 Å². The van der Waals surface area contributed by atoms with E-state index in [4.69, 9.17) is 4.74 Å². The second kappa shape index (κ2) is 10.2. The smallest absolute Gasteiger partial charge is 0.258 e. The zero-order valence-corrected chi connectivity index (χ0v) is 19.4. The number of benzene rings is 3. The van der Waals surface area contributed by atoms with Gasteiger partial charge in [0.15, 0.2) is 6.61 Å². The van der Waals surface area contributed by atoms with Crippen LogP contribution in [0.1, 0.15) is 35.6 Å². The van der Waals surface area contributed by atoms with Crippen LogP contribution in [0.2, 0.25) is 0 Å². The number of hydrogen-bond donors (Lipinski definition) is 1. The van der Waals surface area contributed by atoms with Crippen molar-refractivity contribution in [1.82, 2.24) is 9.62 Å². The first-order chi connectivity index (χ1) is 15.9. The van der Waals surface area contributed by atoms with Gasteiger partial charge < -0.3 is 10.1 Å². The molecule has 0 bridgehead atoms. The van der Waals surface area contributed by atoms with Gasteiger partial charge in [-0.2, -0.15) is 4.31 Å². The van der Waals surface area contributed by atoms with Gasteiger partial charge in [-0.15, -0.1) is 0 Å². The van der Waals surface area contributed by atoms with E-state index in [2.05, 4.69) is 17.4 Å². The van der Waals surface area contributed by atoms with Crippen molar-refractivity contribution in [3.05, 3.63) is 95.6 Å². The summed E-state index contributed by atoms with van der Waals surface area (Å²) < 4.78 is 32.6. The summed E-state index contributed by atoms with van der Waals surface area (Å²) in [6.07, 6.45) is 2.98. The Hall–Kier alpha value is -3.16. The average Bonchev–Trinajstić information content (AvgIpc) is 2.84. The highest BCUT2D eigenvalue weighted by Gasteiger charge is 2.22. The van der Waals surface area contributed by atoms with Crippen LogP contribution in [0.15, 0.2) is 83.8 Å². The molecule has 1 amide bonds. The van der Waals surface area contributed by atoms with Crippen molar-refractivity contribution in [2.75, 3.05) is 13.7 Å². The van der Waals surface area contributed by atoms with Crippen molar-refractivity contribution in [1.29, 1.82) is 0 Å². The van der Waals surface area contributed by atoms with Crippen LogP contribution in [0.5, 0.6) is 5.75 Å². The van der Waals surface area contributed by atoms with Crippen molar-refractivity contribution in [2.45, 2.75) is 36.7 Å². The number of amides is 1. The van der Waals surface area contributed by atoms with Gasteiger partial charge in [0.1, 0.15) is 5.75 Å². The Bertz CT molecular complexity index is 1190. The first-order valence-corrected chi connectivity index (χ1v) is 12.5. The highest BCUT2D eigenvalue weighted by Crippen LogP contribution is 2.29. The summed E-state index contributed by atoms with van der Waals surface area (Å²) >= 11 is 0. The molecule has 1 N–H and O–H groups in total. The average molecular weight is 465 g/mol. The summed E-state index contributed by atoms with van der Waals surface area (Å²) in [7, 11) is -2.08. The van der Waals surface area contributed by atoms with Gasteiger partial charge >= 0.3 is 0 Å². The maximum absolute atomic E-state index is 12.9. The number of rotatable bonds is 8. The van der Waals surface area contributed by atoms with Crippen LogP contribution in [-0.4, -0.2) is 32.3 Å². The van der Waals surface area contributed by atoms with Gasteiger partial charge in [-0.05, 0) is 60.2 Å². The third kappa shape index (κ3) is 5.61. The molecular weight excluding hydrogens is 436 g/mol. The molecule has 0 radical (unpaired) electrons. The van der Waals surface area contributed by atoms with E-state index in [1.165, 1.54) is 27.6 Å². The van der Waals surface area contributed by atoms with E-state index in [-0.39, 0.29) is 30.0 Å². The van der Waals surface area contributed by atoms with E-state index < -0.39 is 10.0 Å². The van der Waals surface area contributed by atoms with Gasteiger partial charge in [0, 0.05) is 13.6 Å². The number of hydrogen-bond acceptors (Lipinski definition) is 4. The lowest BCUT2D eigenvalue weighted by molar-refractivity contribution is -0.124. The summed E-state index contributed by atoms with van der Waals surface area (Å²) in [6.45, 7) is 0.157. The van der Waals surface area contributed by atoms with Crippen LogP contribution < -0.4 is 10.1 Å². The number of carbonyl (C=O) groups excluding carboxylic acids is 1. The third-order valence-corrected chi connectivity index (χ3v) is 7.67. The molecule has 33 heavy (non-hydrogen) atoms. The minimum Gasteiger partial charge on any atom is -0.484 e. The molecule has 7 heteroatoms. The molecule has 1 aliphatic rings. The summed E-state index contributed by atoms with van der Waals surface area (Å²) in [5.74, 6) is 0.245. The van der Waals surface area contributed by atoms with Gasteiger partial charge in [0.2, 0.25) is 10.0 Å². The van der Waals surface area contributed by atoms with Crippen LogP contribution in [-0.2, 0) is 27.8 Å². The standard InChI is InChI=1S/C26H28N2O4S/c1-28(18-20-8-3-2-4-9-20)33(30,31)23-16-14-22(15-17-23)32-19-26(29)27-25-13-7-11-21-10-5-6-12-24(21)25/h2-6,8-10,12,14-17,25H,7,11,13,18-19H2,1H3,(H,27,29)/t25-/m0/s1. The summed E-state index contributed by atoms with van der Waals surface area (Å²) in [5, 5.41) is 3.05. The molecule has 0 saturated carbocycles. The molecule has 172 valence electrons. The van der Waals surface area contributed by atoms with Crippen LogP contribution in [0.3, 0.4) is 0 Å². The number of aryl methyl sites for hydroxylation is 1. The molecule has 3 aromatic rings. The predicted molar refractivity (Wildman–Crippen MR) is 127 cm³/mol. The van der Waals surface area contributed by atoms with Gasteiger partial charge in [0.25, 0.3) is 5.91 Å². The van der Waals surface area contributed by atoms with Crippen molar-refractivity contribution in [2.24, 2.45) is 0 Å². The Morgan fingerprint density at radius 3 is 2.45 bits per heavy atom. The number of nitrogens with zero attached hydrogens (tertiary/aromatic N) is 1. The molecule has 1 atom stereocenters. The minimum absolute atomic E-state index is 0.00118. The second-order valence-electron chi connectivity index (χ2n) is 8.22. The predicted octanol–water partition coefficient (Wildman–Crippen LogP) is 4.08. The Labute approximate surface area is 195 Å². The van der Waals surface area contributed by atoms with Gasteiger partial charge in [-0.1, -0.05) is 54.6 Å². The maximum Gasteiger partial charge on any atom is 0.258 e. The summed E-state index contributed by atoms with van der Waals surface area (Å²) in [4.78, 5) is 12.6. The van der Waals surface area contributed by atoms with Gasteiger partial charge in [-0.3, -0.25) is 4.79 Å². The van der Waals surface area contributed by atoms with Crippen molar-refractivity contribution in [3.63, 3.8) is 0 Å². The summed E-state index contributed by atoms with van der Waals surface area (Å²) in [5.41, 5.74) is 3.37. The zero-order valence-electron chi connectivity index (χ0n) is 18.6. The van der Waals surface area contributed by atoms with Gasteiger partial charge in [0.05, 0.1) is 10.9 Å². The fourth-order valence-electron chi connectivity index (χ4n) is 4.10. The first kappa shape index (κ1) is 23.0. The molecule has 6 nitrogen and oxygen atoms in total.